The number of hydrogen-bond donors (Lipinski definition) is 1. The summed E-state index contributed by atoms with van der Waals surface area (Å²) in [6.07, 6.45) is 8.15. The van der Waals surface area contributed by atoms with Crippen molar-refractivity contribution < 1.29 is 14.0 Å². The molecule has 4 atom stereocenters. The van der Waals surface area contributed by atoms with E-state index in [1.54, 1.807) is 17.0 Å². The van der Waals surface area contributed by atoms with E-state index in [0.29, 0.717) is 17.4 Å². The molecule has 0 aliphatic heterocycles. The maximum Gasteiger partial charge on any atom is 0.247 e. The lowest BCUT2D eigenvalue weighted by Crippen LogP contribution is -2.53. The van der Waals surface area contributed by atoms with Crippen molar-refractivity contribution >= 4 is 23.4 Å². The van der Waals surface area contributed by atoms with Gasteiger partial charge in [-0.05, 0) is 48.8 Å². The average molecular weight is 437 g/mol. The third-order valence-corrected chi connectivity index (χ3v) is 7.35. The van der Waals surface area contributed by atoms with Gasteiger partial charge in [-0.2, -0.15) is 0 Å². The smallest absolute Gasteiger partial charge is 0.247 e. The Kier molecular flexibility index (Phi) is 8.15. The first-order valence-electron chi connectivity index (χ1n) is 11.3. The van der Waals surface area contributed by atoms with Gasteiger partial charge in [-0.3, -0.25) is 9.59 Å². The molecule has 166 valence electrons. The van der Waals surface area contributed by atoms with Crippen LogP contribution in [0.25, 0.3) is 0 Å². The van der Waals surface area contributed by atoms with Crippen molar-refractivity contribution in [1.82, 2.24) is 10.2 Å². The molecule has 4 nitrogen and oxygen atoms in total. The lowest BCUT2D eigenvalue weighted by molar-refractivity contribution is -0.143. The molecule has 2 amide bonds. The van der Waals surface area contributed by atoms with Crippen molar-refractivity contribution in [3.63, 3.8) is 0 Å². The molecule has 0 spiro atoms. The van der Waals surface area contributed by atoms with E-state index >= 15 is 0 Å². The minimum absolute atomic E-state index is 0.0199. The molecule has 0 aromatic heterocycles. The second kappa shape index (κ2) is 10.6. The zero-order valence-corrected chi connectivity index (χ0v) is 18.8. The van der Waals surface area contributed by atoms with E-state index < -0.39 is 6.04 Å². The number of carbonyl (C=O) groups is 2. The molecule has 2 fully saturated rings. The summed E-state index contributed by atoms with van der Waals surface area (Å²) in [5, 5.41) is 3.24. The SMILES string of the molecule is C[C@H]1[C@H](C)CCC[C@@H]1NC(=O)[C@@H](c1ccc(F)cc1)N(C(=O)CCl)C1CCCCC1. The number of nitrogens with one attached hydrogen (secondary N) is 1. The highest BCUT2D eigenvalue weighted by Gasteiger charge is 2.38. The van der Waals surface area contributed by atoms with Gasteiger partial charge in [-0.15, -0.1) is 11.6 Å². The molecule has 2 aliphatic carbocycles. The van der Waals surface area contributed by atoms with Crippen molar-refractivity contribution in [2.45, 2.75) is 83.3 Å². The van der Waals surface area contributed by atoms with Gasteiger partial charge in [0.1, 0.15) is 17.7 Å². The Bertz CT molecular complexity index is 720. The predicted molar refractivity (Wildman–Crippen MR) is 118 cm³/mol. The third kappa shape index (κ3) is 5.35. The first-order chi connectivity index (χ1) is 14.4. The van der Waals surface area contributed by atoms with E-state index in [9.17, 15) is 14.0 Å². The van der Waals surface area contributed by atoms with Crippen LogP contribution in [0.1, 0.15) is 76.8 Å². The van der Waals surface area contributed by atoms with E-state index in [-0.39, 0.29) is 35.6 Å². The topological polar surface area (TPSA) is 49.4 Å². The fraction of sp³-hybridized carbons (Fsp3) is 0.667. The molecule has 0 heterocycles. The van der Waals surface area contributed by atoms with Crippen molar-refractivity contribution in [1.29, 1.82) is 0 Å². The van der Waals surface area contributed by atoms with Gasteiger partial charge in [0.25, 0.3) is 0 Å². The summed E-state index contributed by atoms with van der Waals surface area (Å²) in [6.45, 7) is 4.41. The van der Waals surface area contributed by atoms with Gasteiger partial charge in [-0.25, -0.2) is 4.39 Å². The van der Waals surface area contributed by atoms with Crippen LogP contribution in [0.5, 0.6) is 0 Å². The quantitative estimate of drug-likeness (QED) is 0.622. The summed E-state index contributed by atoms with van der Waals surface area (Å²) < 4.78 is 13.6. The van der Waals surface area contributed by atoms with Gasteiger partial charge in [0.2, 0.25) is 11.8 Å². The van der Waals surface area contributed by atoms with E-state index in [1.807, 2.05) is 0 Å². The largest absolute Gasteiger partial charge is 0.351 e. The summed E-state index contributed by atoms with van der Waals surface area (Å²) in [5.74, 6) is -0.0240. The summed E-state index contributed by atoms with van der Waals surface area (Å²) in [4.78, 5) is 28.2. The van der Waals surface area contributed by atoms with Crippen molar-refractivity contribution in [2.75, 3.05) is 5.88 Å². The van der Waals surface area contributed by atoms with Crippen LogP contribution in [0.4, 0.5) is 4.39 Å². The molecular formula is C24H34ClFN2O2. The number of carbonyl (C=O) groups excluding carboxylic acids is 2. The Morgan fingerprint density at radius 3 is 2.37 bits per heavy atom. The summed E-state index contributed by atoms with van der Waals surface area (Å²) in [6, 6.07) is 5.21. The molecular weight excluding hydrogens is 403 g/mol. The molecule has 0 bridgehead atoms. The van der Waals surface area contributed by atoms with Gasteiger partial charge in [0.15, 0.2) is 0 Å². The predicted octanol–water partition coefficient (Wildman–Crippen LogP) is 5.21. The fourth-order valence-corrected chi connectivity index (χ4v) is 5.26. The second-order valence-corrected chi connectivity index (χ2v) is 9.33. The third-order valence-electron chi connectivity index (χ3n) is 7.12. The summed E-state index contributed by atoms with van der Waals surface area (Å²) in [7, 11) is 0. The first-order valence-corrected chi connectivity index (χ1v) is 11.9. The van der Waals surface area contributed by atoms with Gasteiger partial charge >= 0.3 is 0 Å². The van der Waals surface area contributed by atoms with E-state index in [1.165, 1.54) is 18.6 Å². The van der Waals surface area contributed by atoms with Gasteiger partial charge in [0, 0.05) is 12.1 Å². The molecule has 0 radical (unpaired) electrons. The van der Waals surface area contributed by atoms with E-state index in [0.717, 1.165) is 44.9 Å². The second-order valence-electron chi connectivity index (χ2n) is 9.06. The summed E-state index contributed by atoms with van der Waals surface area (Å²) >= 11 is 5.98. The van der Waals surface area contributed by atoms with Crippen molar-refractivity contribution in [2.24, 2.45) is 11.8 Å². The highest BCUT2D eigenvalue weighted by atomic mass is 35.5. The minimum Gasteiger partial charge on any atom is -0.351 e. The van der Waals surface area contributed by atoms with Crippen LogP contribution in [0.2, 0.25) is 0 Å². The average Bonchev–Trinajstić information content (AvgIpc) is 2.76. The van der Waals surface area contributed by atoms with Crippen LogP contribution in [-0.2, 0) is 9.59 Å². The Morgan fingerprint density at radius 2 is 1.73 bits per heavy atom. The lowest BCUT2D eigenvalue weighted by Gasteiger charge is -2.41. The highest BCUT2D eigenvalue weighted by molar-refractivity contribution is 6.27. The number of alkyl halides is 1. The molecule has 2 aliphatic rings. The van der Waals surface area contributed by atoms with E-state index in [4.69, 9.17) is 11.6 Å². The van der Waals surface area contributed by atoms with E-state index in [2.05, 4.69) is 19.2 Å². The van der Waals surface area contributed by atoms with Crippen LogP contribution in [0.15, 0.2) is 24.3 Å². The fourth-order valence-electron chi connectivity index (χ4n) is 5.12. The standard InChI is InChI=1S/C24H34ClFN2O2/c1-16-7-6-10-21(17(16)2)27-24(30)23(18-11-13-19(26)14-12-18)28(22(29)15-25)20-8-4-3-5-9-20/h11-14,16-17,20-21,23H,3-10,15H2,1-2H3,(H,27,30)/t16-,17+,21+,23-/m1/s1. The van der Waals surface area contributed by atoms with Crippen LogP contribution in [0, 0.1) is 17.7 Å². The number of hydrogen-bond acceptors (Lipinski definition) is 2. The highest BCUT2D eigenvalue weighted by Crippen LogP contribution is 2.33. The normalized spacial score (nSPS) is 26.1. The van der Waals surface area contributed by atoms with Crippen molar-refractivity contribution in [3.8, 4) is 0 Å². The van der Waals surface area contributed by atoms with Crippen LogP contribution in [-0.4, -0.2) is 34.7 Å². The number of benzene rings is 1. The Morgan fingerprint density at radius 1 is 1.07 bits per heavy atom. The first kappa shape index (κ1) is 23.1. The number of nitrogens with zero attached hydrogens (tertiary/aromatic N) is 1. The lowest BCUT2D eigenvalue weighted by atomic mass is 9.78. The molecule has 1 aromatic rings. The molecule has 2 saturated carbocycles. The van der Waals surface area contributed by atoms with Gasteiger partial charge < -0.3 is 10.2 Å². The maximum atomic E-state index is 13.6. The zero-order chi connectivity index (χ0) is 21.7. The number of rotatable bonds is 6. The van der Waals surface area contributed by atoms with Crippen molar-refractivity contribution in [3.05, 3.63) is 35.6 Å². The molecule has 30 heavy (non-hydrogen) atoms. The maximum absolute atomic E-state index is 13.6. The van der Waals surface area contributed by atoms with Crippen LogP contribution in [0.3, 0.4) is 0 Å². The number of halogens is 2. The molecule has 1 N–H and O–H groups in total. The van der Waals surface area contributed by atoms with Gasteiger partial charge in [0.05, 0.1) is 0 Å². The Hall–Kier alpha value is -1.62. The zero-order valence-electron chi connectivity index (χ0n) is 18.1. The summed E-state index contributed by atoms with van der Waals surface area (Å²) in [5.41, 5.74) is 0.634. The van der Waals surface area contributed by atoms with Crippen LogP contribution < -0.4 is 5.32 Å². The van der Waals surface area contributed by atoms with Gasteiger partial charge in [-0.1, -0.05) is 58.1 Å². The molecule has 0 unspecified atom stereocenters. The molecule has 0 saturated heterocycles. The Balaban J connectivity index is 1.92. The molecule has 3 rings (SSSR count). The Labute approximate surface area is 184 Å². The monoisotopic (exact) mass is 436 g/mol. The number of amides is 2. The minimum atomic E-state index is -0.788. The van der Waals surface area contributed by atoms with Crippen LogP contribution >= 0.6 is 11.6 Å². The molecule has 1 aromatic carbocycles. The molecule has 6 heteroatoms.